The number of aromatic nitrogens is 1. The second kappa shape index (κ2) is 3.14. The fourth-order valence-electron chi connectivity index (χ4n) is 1.67. The molecule has 4 heteroatoms. The van der Waals surface area contributed by atoms with Gasteiger partial charge in [-0.25, -0.2) is 4.98 Å². The van der Waals surface area contributed by atoms with Crippen molar-refractivity contribution in [3.8, 4) is 0 Å². The SMILES string of the molecule is Nc1cc2oc(CC3CC3)nc2cc1Cl. The van der Waals surface area contributed by atoms with Crippen LogP contribution < -0.4 is 5.73 Å². The molecule has 0 amide bonds. The van der Waals surface area contributed by atoms with Crippen molar-refractivity contribution in [1.82, 2.24) is 4.98 Å². The van der Waals surface area contributed by atoms with Gasteiger partial charge < -0.3 is 10.2 Å². The van der Waals surface area contributed by atoms with Crippen LogP contribution in [-0.4, -0.2) is 4.98 Å². The largest absolute Gasteiger partial charge is 0.441 e. The smallest absolute Gasteiger partial charge is 0.195 e. The van der Waals surface area contributed by atoms with E-state index in [9.17, 15) is 0 Å². The van der Waals surface area contributed by atoms with Gasteiger partial charge in [-0.1, -0.05) is 11.6 Å². The molecule has 0 bridgehead atoms. The molecule has 1 aromatic carbocycles. The molecule has 2 N–H and O–H groups in total. The first kappa shape index (κ1) is 9.04. The maximum Gasteiger partial charge on any atom is 0.195 e. The molecule has 2 aromatic rings. The van der Waals surface area contributed by atoms with E-state index in [1.165, 1.54) is 12.8 Å². The Labute approximate surface area is 92.2 Å². The Morgan fingerprint density at radius 3 is 3.00 bits per heavy atom. The van der Waals surface area contributed by atoms with Gasteiger partial charge >= 0.3 is 0 Å². The van der Waals surface area contributed by atoms with Gasteiger partial charge in [-0.2, -0.15) is 0 Å². The van der Waals surface area contributed by atoms with Crippen LogP contribution in [0.2, 0.25) is 5.02 Å². The third-order valence-electron chi connectivity index (χ3n) is 2.71. The summed E-state index contributed by atoms with van der Waals surface area (Å²) in [6.45, 7) is 0. The zero-order valence-electron chi connectivity index (χ0n) is 8.16. The first-order valence-electron chi connectivity index (χ1n) is 5.07. The number of nitrogens with zero attached hydrogens (tertiary/aromatic N) is 1. The van der Waals surface area contributed by atoms with E-state index in [0.29, 0.717) is 10.7 Å². The van der Waals surface area contributed by atoms with E-state index < -0.39 is 0 Å². The van der Waals surface area contributed by atoms with E-state index in [0.717, 1.165) is 29.3 Å². The lowest BCUT2D eigenvalue weighted by Gasteiger charge is -1.94. The van der Waals surface area contributed by atoms with Gasteiger partial charge in [0.15, 0.2) is 11.5 Å². The number of nitrogen functional groups attached to an aromatic ring is 1. The van der Waals surface area contributed by atoms with Crippen LogP contribution in [0.5, 0.6) is 0 Å². The van der Waals surface area contributed by atoms with Gasteiger partial charge in [0, 0.05) is 12.5 Å². The maximum absolute atomic E-state index is 5.91. The normalized spacial score (nSPS) is 16.1. The van der Waals surface area contributed by atoms with E-state index >= 15 is 0 Å². The van der Waals surface area contributed by atoms with Gasteiger partial charge in [0.1, 0.15) is 5.52 Å². The molecule has 1 saturated carbocycles. The number of anilines is 1. The topological polar surface area (TPSA) is 52.0 Å². The molecular formula is C11H11ClN2O. The molecule has 3 rings (SSSR count). The van der Waals surface area contributed by atoms with Crippen LogP contribution >= 0.6 is 11.6 Å². The lowest BCUT2D eigenvalue weighted by Crippen LogP contribution is -1.85. The van der Waals surface area contributed by atoms with Gasteiger partial charge in [-0.05, 0) is 24.8 Å². The minimum Gasteiger partial charge on any atom is -0.441 e. The zero-order chi connectivity index (χ0) is 10.4. The zero-order valence-corrected chi connectivity index (χ0v) is 8.92. The maximum atomic E-state index is 5.91. The molecular weight excluding hydrogens is 212 g/mol. The second-order valence-corrected chi connectivity index (χ2v) is 4.50. The number of oxazole rings is 1. The van der Waals surface area contributed by atoms with Crippen molar-refractivity contribution >= 4 is 28.4 Å². The van der Waals surface area contributed by atoms with Crippen molar-refractivity contribution in [3.05, 3.63) is 23.0 Å². The minimum absolute atomic E-state index is 0.536. The molecule has 78 valence electrons. The van der Waals surface area contributed by atoms with Gasteiger partial charge in [0.05, 0.1) is 10.7 Å². The second-order valence-electron chi connectivity index (χ2n) is 4.10. The van der Waals surface area contributed by atoms with E-state index in [1.54, 1.807) is 12.1 Å². The lowest BCUT2D eigenvalue weighted by atomic mass is 10.3. The monoisotopic (exact) mass is 222 g/mol. The molecule has 0 saturated heterocycles. The molecule has 0 aliphatic heterocycles. The lowest BCUT2D eigenvalue weighted by molar-refractivity contribution is 0.514. The fraction of sp³-hybridized carbons (Fsp3) is 0.364. The number of rotatable bonds is 2. The average molecular weight is 223 g/mol. The standard InChI is InChI=1S/C11H11ClN2O/c12-7-4-9-10(5-8(7)13)15-11(14-9)3-6-1-2-6/h4-6H,1-3,13H2. The van der Waals surface area contributed by atoms with Crippen molar-refractivity contribution in [1.29, 1.82) is 0 Å². The summed E-state index contributed by atoms with van der Waals surface area (Å²) >= 11 is 5.91. The van der Waals surface area contributed by atoms with Crippen LogP contribution in [-0.2, 0) is 6.42 Å². The van der Waals surface area contributed by atoms with E-state index in [-0.39, 0.29) is 0 Å². The van der Waals surface area contributed by atoms with Crippen LogP contribution in [0.1, 0.15) is 18.7 Å². The molecule has 15 heavy (non-hydrogen) atoms. The molecule has 1 heterocycles. The summed E-state index contributed by atoms with van der Waals surface area (Å²) in [6, 6.07) is 3.49. The molecule has 0 radical (unpaired) electrons. The molecule has 1 fully saturated rings. The molecule has 0 atom stereocenters. The number of fused-ring (bicyclic) bond motifs is 1. The molecule has 0 spiro atoms. The summed E-state index contributed by atoms with van der Waals surface area (Å²) in [5, 5.41) is 0.536. The highest BCUT2D eigenvalue weighted by Crippen LogP contribution is 2.34. The molecule has 0 unspecified atom stereocenters. The Morgan fingerprint density at radius 2 is 2.27 bits per heavy atom. The average Bonchev–Trinajstić information content (AvgIpc) is 2.89. The van der Waals surface area contributed by atoms with E-state index in [2.05, 4.69) is 4.98 Å². The number of halogens is 1. The van der Waals surface area contributed by atoms with E-state index in [4.69, 9.17) is 21.8 Å². The number of hydrogen-bond donors (Lipinski definition) is 1. The number of benzene rings is 1. The van der Waals surface area contributed by atoms with Crippen LogP contribution in [0, 0.1) is 5.92 Å². The van der Waals surface area contributed by atoms with Crippen molar-refractivity contribution in [3.63, 3.8) is 0 Å². The summed E-state index contributed by atoms with van der Waals surface area (Å²) in [5.41, 5.74) is 7.75. The van der Waals surface area contributed by atoms with Crippen LogP contribution in [0.4, 0.5) is 5.69 Å². The van der Waals surface area contributed by atoms with Crippen molar-refractivity contribution in [2.45, 2.75) is 19.3 Å². The molecule has 3 nitrogen and oxygen atoms in total. The van der Waals surface area contributed by atoms with Gasteiger partial charge in [-0.15, -0.1) is 0 Å². The van der Waals surface area contributed by atoms with Gasteiger partial charge in [0.2, 0.25) is 0 Å². The highest BCUT2D eigenvalue weighted by molar-refractivity contribution is 6.33. The van der Waals surface area contributed by atoms with Gasteiger partial charge in [-0.3, -0.25) is 0 Å². The Kier molecular flexibility index (Phi) is 1.89. The summed E-state index contributed by atoms with van der Waals surface area (Å²) in [5.74, 6) is 1.57. The third kappa shape index (κ3) is 1.67. The van der Waals surface area contributed by atoms with Crippen LogP contribution in [0.15, 0.2) is 16.5 Å². The van der Waals surface area contributed by atoms with Crippen molar-refractivity contribution < 1.29 is 4.42 Å². The quantitative estimate of drug-likeness (QED) is 0.795. The highest BCUT2D eigenvalue weighted by Gasteiger charge is 2.24. The Hall–Kier alpha value is -1.22. The first-order chi connectivity index (χ1) is 7.22. The Balaban J connectivity index is 2.04. The van der Waals surface area contributed by atoms with E-state index in [1.807, 2.05) is 0 Å². The summed E-state index contributed by atoms with van der Waals surface area (Å²) in [4.78, 5) is 4.39. The third-order valence-corrected chi connectivity index (χ3v) is 3.04. The summed E-state index contributed by atoms with van der Waals surface area (Å²) in [6.07, 6.45) is 3.52. The molecule has 1 aromatic heterocycles. The predicted octanol–water partition coefficient (Wildman–Crippen LogP) is 3.02. The number of hydrogen-bond acceptors (Lipinski definition) is 3. The minimum atomic E-state index is 0.536. The van der Waals surface area contributed by atoms with Crippen molar-refractivity contribution in [2.75, 3.05) is 5.73 Å². The number of nitrogens with two attached hydrogens (primary N) is 1. The molecule has 1 aliphatic carbocycles. The van der Waals surface area contributed by atoms with Crippen molar-refractivity contribution in [2.24, 2.45) is 5.92 Å². The van der Waals surface area contributed by atoms with Crippen LogP contribution in [0.25, 0.3) is 11.1 Å². The Bertz CT molecular complexity index is 478. The first-order valence-corrected chi connectivity index (χ1v) is 5.44. The summed E-state index contributed by atoms with van der Waals surface area (Å²) in [7, 11) is 0. The highest BCUT2D eigenvalue weighted by atomic mass is 35.5. The predicted molar refractivity (Wildman–Crippen MR) is 59.9 cm³/mol. The molecule has 1 aliphatic rings. The fourth-order valence-corrected chi connectivity index (χ4v) is 1.83. The van der Waals surface area contributed by atoms with Gasteiger partial charge in [0.25, 0.3) is 0 Å². The summed E-state index contributed by atoms with van der Waals surface area (Å²) < 4.78 is 5.60. The van der Waals surface area contributed by atoms with Crippen LogP contribution in [0.3, 0.4) is 0 Å². The Morgan fingerprint density at radius 1 is 1.47 bits per heavy atom.